The number of nitrogens with zero attached hydrogens (tertiary/aromatic N) is 2. The summed E-state index contributed by atoms with van der Waals surface area (Å²) in [6.07, 6.45) is 3.53. The number of likely N-dealkylation sites (tertiary alicyclic amines) is 1. The lowest BCUT2D eigenvalue weighted by atomic mass is 10.2. The zero-order valence-electron chi connectivity index (χ0n) is 11.9. The molecule has 4 rings (SSSR count). The molecule has 0 radical (unpaired) electrons. The minimum atomic E-state index is 0.598. The van der Waals surface area contributed by atoms with Crippen LogP contribution in [0.15, 0.2) is 48.8 Å². The Bertz CT molecular complexity index is 616. The molecule has 1 saturated heterocycles. The first kappa shape index (κ1) is 12.7. The summed E-state index contributed by atoms with van der Waals surface area (Å²) in [6.45, 7) is 3.44. The lowest BCUT2D eigenvalue weighted by Gasteiger charge is -2.20. The topological polar surface area (TPSA) is 54.2 Å². The third-order valence-corrected chi connectivity index (χ3v) is 4.61. The summed E-state index contributed by atoms with van der Waals surface area (Å²) >= 11 is 0. The minimum absolute atomic E-state index is 0.598. The second-order valence-corrected chi connectivity index (χ2v) is 6.18. The predicted octanol–water partition coefficient (Wildman–Crippen LogP) is 2.21. The number of rotatable bonds is 4. The fourth-order valence-corrected chi connectivity index (χ4v) is 3.53. The smallest absolute Gasteiger partial charge is 0.0549 e. The van der Waals surface area contributed by atoms with Gasteiger partial charge in [-0.25, -0.2) is 0 Å². The van der Waals surface area contributed by atoms with E-state index in [2.05, 4.69) is 45.5 Å². The van der Waals surface area contributed by atoms with Crippen LogP contribution < -0.4 is 11.1 Å². The molecule has 1 saturated carbocycles. The van der Waals surface area contributed by atoms with Gasteiger partial charge in [0.05, 0.1) is 17.6 Å². The van der Waals surface area contributed by atoms with Gasteiger partial charge >= 0.3 is 0 Å². The van der Waals surface area contributed by atoms with Crippen LogP contribution in [0, 0.1) is 11.8 Å². The largest absolute Gasteiger partial charge is 0.397 e. The van der Waals surface area contributed by atoms with E-state index in [-0.39, 0.29) is 0 Å². The first-order chi connectivity index (χ1) is 10.3. The summed E-state index contributed by atoms with van der Waals surface area (Å²) in [4.78, 5) is 6.69. The third-order valence-electron chi connectivity index (χ3n) is 4.61. The van der Waals surface area contributed by atoms with Gasteiger partial charge in [0.2, 0.25) is 0 Å². The highest BCUT2D eigenvalue weighted by Gasteiger charge is 2.55. The van der Waals surface area contributed by atoms with Gasteiger partial charge in [-0.3, -0.25) is 9.88 Å². The average molecular weight is 280 g/mol. The highest BCUT2D eigenvalue weighted by atomic mass is 15.2. The molecule has 2 aromatic rings. The van der Waals surface area contributed by atoms with Crippen LogP contribution in [0.3, 0.4) is 0 Å². The van der Waals surface area contributed by atoms with E-state index in [1.807, 2.05) is 12.3 Å². The SMILES string of the molecule is Nc1cncc(NC2C3CN(Cc4ccccc4)CC32)c1. The number of piperidine rings is 1. The van der Waals surface area contributed by atoms with E-state index in [1.165, 1.54) is 18.7 Å². The van der Waals surface area contributed by atoms with Crippen LogP contribution in [0.4, 0.5) is 11.4 Å². The number of aromatic nitrogens is 1. The number of nitrogen functional groups attached to an aromatic ring is 1. The minimum Gasteiger partial charge on any atom is -0.397 e. The summed E-state index contributed by atoms with van der Waals surface area (Å²) in [5, 5.41) is 3.57. The van der Waals surface area contributed by atoms with Crippen molar-refractivity contribution in [3.05, 3.63) is 54.4 Å². The Morgan fingerprint density at radius 1 is 1.14 bits per heavy atom. The van der Waals surface area contributed by atoms with Gasteiger partial charge in [-0.2, -0.15) is 0 Å². The van der Waals surface area contributed by atoms with Crippen LogP contribution in [0.2, 0.25) is 0 Å². The number of anilines is 2. The molecule has 0 spiro atoms. The monoisotopic (exact) mass is 280 g/mol. The lowest BCUT2D eigenvalue weighted by Crippen LogP contribution is -2.27. The molecule has 1 aliphatic heterocycles. The molecule has 4 heteroatoms. The van der Waals surface area contributed by atoms with Crippen molar-refractivity contribution in [2.75, 3.05) is 24.1 Å². The normalized spacial score (nSPS) is 27.3. The first-order valence-electron chi connectivity index (χ1n) is 7.53. The Hall–Kier alpha value is -2.07. The van der Waals surface area contributed by atoms with Gasteiger partial charge in [-0.05, 0) is 23.5 Å². The number of nitrogens with two attached hydrogens (primary N) is 1. The Labute approximate surface area is 125 Å². The van der Waals surface area contributed by atoms with Crippen molar-refractivity contribution in [2.24, 2.45) is 11.8 Å². The quantitative estimate of drug-likeness (QED) is 0.901. The molecule has 1 aromatic carbocycles. The second kappa shape index (κ2) is 5.04. The van der Waals surface area contributed by atoms with E-state index in [1.54, 1.807) is 6.20 Å². The first-order valence-corrected chi connectivity index (χ1v) is 7.53. The zero-order valence-corrected chi connectivity index (χ0v) is 11.9. The molecule has 21 heavy (non-hydrogen) atoms. The molecular weight excluding hydrogens is 260 g/mol. The van der Waals surface area contributed by atoms with Crippen LogP contribution in [0.5, 0.6) is 0 Å². The Kier molecular flexibility index (Phi) is 3.04. The number of hydrogen-bond donors (Lipinski definition) is 2. The van der Waals surface area contributed by atoms with E-state index in [0.29, 0.717) is 6.04 Å². The molecule has 108 valence electrons. The Morgan fingerprint density at radius 2 is 1.90 bits per heavy atom. The molecule has 2 aliphatic rings. The maximum atomic E-state index is 5.77. The summed E-state index contributed by atoms with van der Waals surface area (Å²) in [7, 11) is 0. The van der Waals surface area contributed by atoms with E-state index in [0.717, 1.165) is 29.8 Å². The maximum Gasteiger partial charge on any atom is 0.0549 e. The zero-order chi connectivity index (χ0) is 14.2. The van der Waals surface area contributed by atoms with E-state index in [4.69, 9.17) is 5.73 Å². The molecule has 2 atom stereocenters. The molecule has 4 nitrogen and oxygen atoms in total. The van der Waals surface area contributed by atoms with Gasteiger partial charge in [0, 0.05) is 31.9 Å². The van der Waals surface area contributed by atoms with Gasteiger partial charge in [0.15, 0.2) is 0 Å². The number of benzene rings is 1. The number of fused-ring (bicyclic) bond motifs is 1. The van der Waals surface area contributed by atoms with Crippen molar-refractivity contribution in [3.63, 3.8) is 0 Å². The molecule has 0 bridgehead atoms. The molecule has 0 amide bonds. The van der Waals surface area contributed by atoms with Gasteiger partial charge in [0.1, 0.15) is 0 Å². The van der Waals surface area contributed by atoms with Crippen molar-refractivity contribution in [1.29, 1.82) is 0 Å². The highest BCUT2D eigenvalue weighted by Crippen LogP contribution is 2.47. The third kappa shape index (κ3) is 2.59. The van der Waals surface area contributed by atoms with Crippen molar-refractivity contribution in [1.82, 2.24) is 9.88 Å². The van der Waals surface area contributed by atoms with Gasteiger partial charge in [0.25, 0.3) is 0 Å². The molecule has 1 aliphatic carbocycles. The average Bonchev–Trinajstić information content (AvgIpc) is 2.94. The van der Waals surface area contributed by atoms with Crippen molar-refractivity contribution < 1.29 is 0 Å². The highest BCUT2D eigenvalue weighted by molar-refractivity contribution is 5.53. The molecule has 2 fully saturated rings. The molecule has 2 heterocycles. The van der Waals surface area contributed by atoms with Crippen molar-refractivity contribution in [2.45, 2.75) is 12.6 Å². The predicted molar refractivity (Wildman–Crippen MR) is 84.8 cm³/mol. The van der Waals surface area contributed by atoms with Gasteiger partial charge in [-0.15, -0.1) is 0 Å². The fourth-order valence-electron chi connectivity index (χ4n) is 3.53. The molecule has 1 aromatic heterocycles. The number of hydrogen-bond acceptors (Lipinski definition) is 4. The van der Waals surface area contributed by atoms with E-state index >= 15 is 0 Å². The van der Waals surface area contributed by atoms with Crippen LogP contribution in [0.1, 0.15) is 5.56 Å². The second-order valence-electron chi connectivity index (χ2n) is 6.18. The van der Waals surface area contributed by atoms with E-state index < -0.39 is 0 Å². The Morgan fingerprint density at radius 3 is 2.62 bits per heavy atom. The van der Waals surface area contributed by atoms with Gasteiger partial charge < -0.3 is 11.1 Å². The number of pyridine rings is 1. The summed E-state index contributed by atoms with van der Waals surface area (Å²) < 4.78 is 0. The van der Waals surface area contributed by atoms with Gasteiger partial charge in [-0.1, -0.05) is 30.3 Å². The Balaban J connectivity index is 1.31. The van der Waals surface area contributed by atoms with Crippen LogP contribution in [0.25, 0.3) is 0 Å². The summed E-state index contributed by atoms with van der Waals surface area (Å²) in [6, 6.07) is 13.3. The van der Waals surface area contributed by atoms with Crippen molar-refractivity contribution >= 4 is 11.4 Å². The van der Waals surface area contributed by atoms with Crippen LogP contribution in [-0.2, 0) is 6.54 Å². The van der Waals surface area contributed by atoms with Crippen LogP contribution in [-0.4, -0.2) is 29.0 Å². The molecule has 3 N–H and O–H groups in total. The lowest BCUT2D eigenvalue weighted by molar-refractivity contribution is 0.293. The molecular formula is C17H20N4. The molecule has 2 unspecified atom stereocenters. The maximum absolute atomic E-state index is 5.77. The summed E-state index contributed by atoms with van der Waals surface area (Å²) in [5.41, 5.74) is 8.94. The standard InChI is InChI=1S/C17H20N4/c18-13-6-14(8-19-7-13)20-17-15-10-21(11-16(15)17)9-12-4-2-1-3-5-12/h1-8,15-17,20H,9-11,18H2. The van der Waals surface area contributed by atoms with Crippen molar-refractivity contribution in [3.8, 4) is 0 Å². The van der Waals surface area contributed by atoms with Crippen LogP contribution >= 0.6 is 0 Å². The fraction of sp³-hybridized carbons (Fsp3) is 0.353. The summed E-state index contributed by atoms with van der Waals surface area (Å²) in [5.74, 6) is 1.55. The van der Waals surface area contributed by atoms with E-state index in [9.17, 15) is 0 Å². The number of nitrogens with one attached hydrogen (secondary N) is 1.